The lowest BCUT2D eigenvalue weighted by molar-refractivity contribution is -0.167. The Morgan fingerprint density at radius 2 is 0.582 bits per heavy atom. The van der Waals surface area contributed by atoms with Gasteiger partial charge in [0.25, 0.3) is 0 Å². The maximum Gasteiger partial charge on any atom is 0.306 e. The molecule has 390 valence electrons. The van der Waals surface area contributed by atoms with Crippen LogP contribution in [0.1, 0.15) is 303 Å². The van der Waals surface area contributed by atoms with Crippen LogP contribution in [0.3, 0.4) is 0 Å². The molecule has 0 aromatic rings. The van der Waals surface area contributed by atoms with E-state index < -0.39 is 6.10 Å². The molecule has 0 aliphatic heterocycles. The smallest absolute Gasteiger partial charge is 0.306 e. The Kier molecular flexibility index (Phi) is 53.8. The molecule has 0 fully saturated rings. The Labute approximate surface area is 416 Å². The van der Waals surface area contributed by atoms with E-state index in [-0.39, 0.29) is 31.1 Å². The second-order valence-electron chi connectivity index (χ2n) is 19.5. The van der Waals surface area contributed by atoms with E-state index in [4.69, 9.17) is 14.2 Å². The number of carbonyl (C=O) groups is 3. The van der Waals surface area contributed by atoms with E-state index >= 15 is 0 Å². The summed E-state index contributed by atoms with van der Waals surface area (Å²) >= 11 is 0. The van der Waals surface area contributed by atoms with Gasteiger partial charge < -0.3 is 14.2 Å². The summed E-state index contributed by atoms with van der Waals surface area (Å²) < 4.78 is 16.9. The molecule has 0 heterocycles. The molecule has 0 amide bonds. The van der Waals surface area contributed by atoms with Crippen LogP contribution in [0, 0.1) is 0 Å². The highest BCUT2D eigenvalue weighted by Gasteiger charge is 2.19. The van der Waals surface area contributed by atoms with Crippen LogP contribution in [0.5, 0.6) is 0 Å². The molecule has 6 nitrogen and oxygen atoms in total. The van der Waals surface area contributed by atoms with Crippen molar-refractivity contribution in [2.75, 3.05) is 13.2 Å². The number of esters is 3. The summed E-state index contributed by atoms with van der Waals surface area (Å²) in [6.45, 7) is 6.54. The first kappa shape index (κ1) is 64.4. The lowest BCUT2D eigenvalue weighted by Gasteiger charge is -2.18. The Balaban J connectivity index is 4.31. The fourth-order valence-corrected chi connectivity index (χ4v) is 8.45. The Morgan fingerprint density at radius 1 is 0.313 bits per heavy atom. The van der Waals surface area contributed by atoms with Crippen LogP contribution in [0.4, 0.5) is 0 Å². The van der Waals surface area contributed by atoms with Crippen LogP contribution in [-0.4, -0.2) is 37.2 Å². The Morgan fingerprint density at radius 3 is 0.925 bits per heavy atom. The number of ether oxygens (including phenoxy) is 3. The van der Waals surface area contributed by atoms with Gasteiger partial charge in [0.15, 0.2) is 6.10 Å². The SMILES string of the molecule is CC/C=C\C/C=C\C/C=C\CCCCCCCC(=O)OC[C@H](COC(=O)CCCCCCCCCCCCC/C=C\CCCCCCCC)OC(=O)CCCCCCCCCCCCCCC. The van der Waals surface area contributed by atoms with Crippen molar-refractivity contribution in [1.82, 2.24) is 0 Å². The zero-order valence-corrected chi connectivity index (χ0v) is 44.7. The summed E-state index contributed by atoms with van der Waals surface area (Å²) in [5.74, 6) is -0.879. The summed E-state index contributed by atoms with van der Waals surface area (Å²) in [5, 5.41) is 0. The summed E-state index contributed by atoms with van der Waals surface area (Å²) in [6, 6.07) is 0. The van der Waals surface area contributed by atoms with E-state index in [0.29, 0.717) is 19.3 Å². The summed E-state index contributed by atoms with van der Waals surface area (Å²) in [6.07, 6.45) is 68.2. The van der Waals surface area contributed by atoms with Gasteiger partial charge in [-0.25, -0.2) is 0 Å². The lowest BCUT2D eigenvalue weighted by Crippen LogP contribution is -2.30. The lowest BCUT2D eigenvalue weighted by atomic mass is 10.0. The molecule has 67 heavy (non-hydrogen) atoms. The molecule has 1 atom stereocenters. The fourth-order valence-electron chi connectivity index (χ4n) is 8.45. The van der Waals surface area contributed by atoms with Crippen molar-refractivity contribution >= 4 is 17.9 Å². The minimum Gasteiger partial charge on any atom is -0.462 e. The van der Waals surface area contributed by atoms with Gasteiger partial charge in [0.1, 0.15) is 13.2 Å². The van der Waals surface area contributed by atoms with Gasteiger partial charge in [-0.1, -0.05) is 256 Å². The molecule has 0 aromatic carbocycles. The Hall–Kier alpha value is -2.63. The standard InChI is InChI=1S/C61H110O6/c1-4-7-10-13-16-19-22-25-27-28-29-30-31-32-34-37-39-42-45-48-51-54-60(63)66-57-58(67-61(64)55-52-49-46-43-40-35-24-21-18-15-12-9-6-3)56-65-59(62)53-50-47-44-41-38-36-33-26-23-20-17-14-11-8-5-2/h8,11,17,20,25-27,33,58H,4-7,9-10,12-16,18-19,21-24,28-32,34-57H2,1-3H3/b11-8-,20-17-,27-25-,33-26-/t58-/m1/s1. The van der Waals surface area contributed by atoms with E-state index in [9.17, 15) is 14.4 Å². The van der Waals surface area contributed by atoms with Gasteiger partial charge in [0, 0.05) is 19.3 Å². The third-order valence-corrected chi connectivity index (χ3v) is 12.8. The van der Waals surface area contributed by atoms with Gasteiger partial charge in [-0.3, -0.25) is 14.4 Å². The Bertz CT molecular complexity index is 1170. The van der Waals surface area contributed by atoms with Crippen LogP contribution >= 0.6 is 0 Å². The van der Waals surface area contributed by atoms with Crippen molar-refractivity contribution in [2.24, 2.45) is 0 Å². The molecule has 0 N–H and O–H groups in total. The van der Waals surface area contributed by atoms with Gasteiger partial charge >= 0.3 is 17.9 Å². The summed E-state index contributed by atoms with van der Waals surface area (Å²) in [5.41, 5.74) is 0. The minimum absolute atomic E-state index is 0.0759. The van der Waals surface area contributed by atoms with Gasteiger partial charge in [-0.05, 0) is 77.0 Å². The highest BCUT2D eigenvalue weighted by molar-refractivity contribution is 5.71. The van der Waals surface area contributed by atoms with Crippen LogP contribution in [0.25, 0.3) is 0 Å². The molecular formula is C61H110O6. The van der Waals surface area contributed by atoms with Crippen molar-refractivity contribution in [3.63, 3.8) is 0 Å². The van der Waals surface area contributed by atoms with Crippen LogP contribution < -0.4 is 0 Å². The molecule has 0 aliphatic carbocycles. The van der Waals surface area contributed by atoms with Crippen LogP contribution in [0.2, 0.25) is 0 Å². The number of unbranched alkanes of at least 4 members (excludes halogenated alkanes) is 34. The molecule has 0 saturated carbocycles. The number of rotatable bonds is 53. The average molecular weight is 940 g/mol. The van der Waals surface area contributed by atoms with Crippen molar-refractivity contribution < 1.29 is 28.6 Å². The summed E-state index contributed by atoms with van der Waals surface area (Å²) in [7, 11) is 0. The number of hydrogen-bond donors (Lipinski definition) is 0. The van der Waals surface area contributed by atoms with Crippen molar-refractivity contribution in [1.29, 1.82) is 0 Å². The van der Waals surface area contributed by atoms with E-state index in [2.05, 4.69) is 69.4 Å². The molecule has 0 aromatic heterocycles. The number of carbonyl (C=O) groups excluding carboxylic acids is 3. The molecule has 0 radical (unpaired) electrons. The second kappa shape index (κ2) is 56.0. The quantitative estimate of drug-likeness (QED) is 0.0262. The van der Waals surface area contributed by atoms with Crippen molar-refractivity contribution in [2.45, 2.75) is 309 Å². The van der Waals surface area contributed by atoms with E-state index in [1.165, 1.54) is 167 Å². The third-order valence-electron chi connectivity index (χ3n) is 12.8. The maximum absolute atomic E-state index is 12.8. The molecule has 0 spiro atoms. The minimum atomic E-state index is -0.777. The van der Waals surface area contributed by atoms with Gasteiger partial charge in [0.2, 0.25) is 0 Å². The van der Waals surface area contributed by atoms with E-state index in [0.717, 1.165) is 96.3 Å². The molecule has 0 aliphatic rings. The highest BCUT2D eigenvalue weighted by atomic mass is 16.6. The molecule has 6 heteroatoms. The summed E-state index contributed by atoms with van der Waals surface area (Å²) in [4.78, 5) is 38.1. The number of allylic oxidation sites excluding steroid dienone is 8. The maximum atomic E-state index is 12.8. The first-order valence-electron chi connectivity index (χ1n) is 29.1. The van der Waals surface area contributed by atoms with Gasteiger partial charge in [-0.15, -0.1) is 0 Å². The topological polar surface area (TPSA) is 78.9 Å². The van der Waals surface area contributed by atoms with E-state index in [1.54, 1.807) is 0 Å². The molecule has 0 bridgehead atoms. The third kappa shape index (κ3) is 54.2. The average Bonchev–Trinajstić information content (AvgIpc) is 3.33. The molecular weight excluding hydrogens is 829 g/mol. The van der Waals surface area contributed by atoms with E-state index in [1.807, 2.05) is 0 Å². The highest BCUT2D eigenvalue weighted by Crippen LogP contribution is 2.16. The largest absolute Gasteiger partial charge is 0.462 e. The molecule has 0 unspecified atom stereocenters. The fraction of sp³-hybridized carbons (Fsp3) is 0.820. The predicted octanol–water partition coefficient (Wildman–Crippen LogP) is 19.4. The normalized spacial score (nSPS) is 12.3. The van der Waals surface area contributed by atoms with Crippen LogP contribution in [-0.2, 0) is 28.6 Å². The molecule has 0 saturated heterocycles. The monoisotopic (exact) mass is 939 g/mol. The van der Waals surface area contributed by atoms with Gasteiger partial charge in [-0.2, -0.15) is 0 Å². The van der Waals surface area contributed by atoms with Crippen molar-refractivity contribution in [3.8, 4) is 0 Å². The van der Waals surface area contributed by atoms with Gasteiger partial charge in [0.05, 0.1) is 0 Å². The first-order valence-corrected chi connectivity index (χ1v) is 29.1. The zero-order chi connectivity index (χ0) is 48.6. The second-order valence-corrected chi connectivity index (χ2v) is 19.5. The van der Waals surface area contributed by atoms with Crippen LogP contribution in [0.15, 0.2) is 48.6 Å². The molecule has 0 rings (SSSR count). The number of hydrogen-bond acceptors (Lipinski definition) is 6. The van der Waals surface area contributed by atoms with Crippen molar-refractivity contribution in [3.05, 3.63) is 48.6 Å². The predicted molar refractivity (Wildman–Crippen MR) is 289 cm³/mol. The zero-order valence-electron chi connectivity index (χ0n) is 44.7. The first-order chi connectivity index (χ1) is 33.0.